The van der Waals surface area contributed by atoms with Gasteiger partial charge in [0.1, 0.15) is 0 Å². The van der Waals surface area contributed by atoms with Crippen LogP contribution in [0.4, 0.5) is 34.1 Å². The topological polar surface area (TPSA) is 42.1 Å². The summed E-state index contributed by atoms with van der Waals surface area (Å²) < 4.78 is 4.80. The molecule has 78 heavy (non-hydrogen) atoms. The highest BCUT2D eigenvalue weighted by Gasteiger charge is 2.23. The smallest absolute Gasteiger partial charge is 0.0971 e. The van der Waals surface area contributed by atoms with E-state index >= 15 is 0 Å². The van der Waals surface area contributed by atoms with Crippen molar-refractivity contribution in [1.82, 2.24) is 19.1 Å². The second-order valence-corrected chi connectivity index (χ2v) is 19.8. The van der Waals surface area contributed by atoms with Crippen molar-refractivity contribution in [2.45, 2.75) is 0 Å². The first-order chi connectivity index (χ1) is 38.7. The molecule has 6 nitrogen and oxygen atoms in total. The average molecular weight is 997 g/mol. The fraction of sp³-hybridized carbons (Fsp3) is 0. The van der Waals surface area contributed by atoms with Gasteiger partial charge in [0.2, 0.25) is 0 Å². The van der Waals surface area contributed by atoms with Crippen LogP contribution >= 0.6 is 0 Å². The molecular formula is C72H48N6. The maximum atomic E-state index is 5.00. The van der Waals surface area contributed by atoms with E-state index in [9.17, 15) is 0 Å². The number of nitrogens with zero attached hydrogens (tertiary/aromatic N) is 6. The van der Waals surface area contributed by atoms with E-state index in [-0.39, 0.29) is 0 Å². The van der Waals surface area contributed by atoms with Gasteiger partial charge in [-0.1, -0.05) is 146 Å². The standard InChI is InChI=1S/C72H48N6/c1-5-19-51(20-6-1)75(52-21-7-2-8-22-52)57-41-43-67-63(47-57)59-27-13-15-31-65(59)77(67)55-37-33-49(34-38-55)69-61-29-17-45-73-71(61)72-62(30-18-46-74-72)70(69)50-35-39-56(40-36-50)78-66-32-16-14-28-60(66)64-48-58(42-44-68(64)78)76(53-23-9-3-10-24-53)54-25-11-4-12-26-54/h1-48H. The van der Waals surface area contributed by atoms with Gasteiger partial charge in [-0.05, 0) is 156 Å². The number of hydrogen-bond donors (Lipinski definition) is 0. The number of para-hydroxylation sites is 6. The molecule has 0 spiro atoms. The van der Waals surface area contributed by atoms with Crippen molar-refractivity contribution in [3.8, 4) is 33.6 Å². The Hall–Kier alpha value is -10.6. The van der Waals surface area contributed by atoms with Gasteiger partial charge in [0, 0.05) is 90.2 Å². The molecule has 0 saturated carbocycles. The van der Waals surface area contributed by atoms with Crippen molar-refractivity contribution >= 4 is 99.5 Å². The SMILES string of the molecule is c1ccc(N(c2ccccc2)c2ccc3c(c2)c2ccccc2n3-c2ccc(-c3c(-c4ccc(-n5c6ccccc6c6cc(N(c7ccccc7)c7ccccc7)ccc65)cc4)c4cccnc4c4ncccc34)cc2)cc1. The van der Waals surface area contributed by atoms with Crippen molar-refractivity contribution in [2.24, 2.45) is 0 Å². The van der Waals surface area contributed by atoms with Crippen LogP contribution in [0.5, 0.6) is 0 Å². The zero-order valence-electron chi connectivity index (χ0n) is 42.4. The fourth-order valence-electron chi connectivity index (χ4n) is 12.0. The van der Waals surface area contributed by atoms with Crippen LogP contribution in [0.25, 0.3) is 99.0 Å². The van der Waals surface area contributed by atoms with E-state index in [4.69, 9.17) is 9.97 Å². The van der Waals surface area contributed by atoms with Crippen molar-refractivity contribution in [3.63, 3.8) is 0 Å². The molecule has 6 heteroatoms. The first-order valence-electron chi connectivity index (χ1n) is 26.5. The predicted molar refractivity (Wildman–Crippen MR) is 326 cm³/mol. The average Bonchev–Trinajstić information content (AvgIpc) is 4.03. The number of benzene rings is 11. The highest BCUT2D eigenvalue weighted by atomic mass is 15.1. The Morgan fingerprint density at radius 3 is 0.936 bits per heavy atom. The Labute approximate surface area is 451 Å². The second-order valence-electron chi connectivity index (χ2n) is 19.8. The van der Waals surface area contributed by atoms with Crippen molar-refractivity contribution < 1.29 is 0 Å². The number of rotatable bonds is 10. The van der Waals surface area contributed by atoms with E-state index in [0.717, 1.165) is 112 Å². The molecule has 366 valence electrons. The summed E-state index contributed by atoms with van der Waals surface area (Å²) in [6.07, 6.45) is 3.75. The Morgan fingerprint density at radius 1 is 0.244 bits per heavy atom. The molecular weight excluding hydrogens is 949 g/mol. The van der Waals surface area contributed by atoms with Gasteiger partial charge in [-0.15, -0.1) is 0 Å². The summed E-state index contributed by atoms with van der Waals surface area (Å²) in [5.74, 6) is 0. The summed E-state index contributed by atoms with van der Waals surface area (Å²) in [4.78, 5) is 14.7. The Balaban J connectivity index is 0.850. The molecule has 0 amide bonds. The molecule has 4 heterocycles. The molecule has 0 unspecified atom stereocenters. The molecule has 0 aliphatic carbocycles. The molecule has 0 aliphatic heterocycles. The number of anilines is 6. The van der Waals surface area contributed by atoms with Crippen LogP contribution in [-0.2, 0) is 0 Å². The molecule has 11 aromatic carbocycles. The molecule has 0 atom stereocenters. The van der Waals surface area contributed by atoms with Crippen LogP contribution in [-0.4, -0.2) is 19.1 Å². The van der Waals surface area contributed by atoms with E-state index in [2.05, 4.69) is 286 Å². The monoisotopic (exact) mass is 996 g/mol. The summed E-state index contributed by atoms with van der Waals surface area (Å²) in [5.41, 5.74) is 19.6. The Bertz CT molecular complexity index is 4320. The third-order valence-corrected chi connectivity index (χ3v) is 15.3. The molecule has 15 aromatic rings. The van der Waals surface area contributed by atoms with Gasteiger partial charge in [-0.3, -0.25) is 9.97 Å². The van der Waals surface area contributed by atoms with Crippen LogP contribution in [0.15, 0.2) is 291 Å². The maximum absolute atomic E-state index is 5.00. The van der Waals surface area contributed by atoms with Crippen LogP contribution in [0.1, 0.15) is 0 Å². The summed E-state index contributed by atoms with van der Waals surface area (Å²) in [6, 6.07) is 100. The van der Waals surface area contributed by atoms with E-state index in [1.807, 2.05) is 24.5 Å². The van der Waals surface area contributed by atoms with Gasteiger partial charge < -0.3 is 18.9 Å². The number of hydrogen-bond acceptors (Lipinski definition) is 4. The maximum Gasteiger partial charge on any atom is 0.0971 e. The van der Waals surface area contributed by atoms with Crippen LogP contribution in [0.3, 0.4) is 0 Å². The van der Waals surface area contributed by atoms with E-state index in [0.29, 0.717) is 0 Å². The lowest BCUT2D eigenvalue weighted by Crippen LogP contribution is -2.09. The quantitative estimate of drug-likeness (QED) is 0.128. The lowest BCUT2D eigenvalue weighted by molar-refractivity contribution is 1.18. The first kappa shape index (κ1) is 44.9. The van der Waals surface area contributed by atoms with Gasteiger partial charge in [0.05, 0.1) is 33.1 Å². The lowest BCUT2D eigenvalue weighted by atomic mass is 9.87. The molecule has 0 radical (unpaired) electrons. The zero-order valence-corrected chi connectivity index (χ0v) is 42.4. The van der Waals surface area contributed by atoms with Gasteiger partial charge in [-0.2, -0.15) is 0 Å². The van der Waals surface area contributed by atoms with Crippen molar-refractivity contribution in [1.29, 1.82) is 0 Å². The minimum Gasteiger partial charge on any atom is -0.310 e. The van der Waals surface area contributed by atoms with E-state index in [1.54, 1.807) is 0 Å². The molecule has 0 fully saturated rings. The Kier molecular flexibility index (Phi) is 10.7. The minimum absolute atomic E-state index is 0.883. The predicted octanol–water partition coefficient (Wildman–Crippen LogP) is 19.3. The summed E-state index contributed by atoms with van der Waals surface area (Å²) in [5, 5.41) is 6.90. The highest BCUT2D eigenvalue weighted by Crippen LogP contribution is 2.46. The largest absolute Gasteiger partial charge is 0.310 e. The van der Waals surface area contributed by atoms with Gasteiger partial charge >= 0.3 is 0 Å². The van der Waals surface area contributed by atoms with E-state index < -0.39 is 0 Å². The highest BCUT2D eigenvalue weighted by molar-refractivity contribution is 6.19. The van der Waals surface area contributed by atoms with Gasteiger partial charge in [-0.25, -0.2) is 0 Å². The summed E-state index contributed by atoms with van der Waals surface area (Å²) in [6.45, 7) is 0. The minimum atomic E-state index is 0.883. The third-order valence-electron chi connectivity index (χ3n) is 15.3. The fourth-order valence-corrected chi connectivity index (χ4v) is 12.0. The first-order valence-corrected chi connectivity index (χ1v) is 26.5. The summed E-state index contributed by atoms with van der Waals surface area (Å²) in [7, 11) is 0. The zero-order chi connectivity index (χ0) is 51.5. The molecule has 0 N–H and O–H groups in total. The Morgan fingerprint density at radius 2 is 0.564 bits per heavy atom. The number of pyridine rings is 2. The van der Waals surface area contributed by atoms with Crippen molar-refractivity contribution in [3.05, 3.63) is 291 Å². The van der Waals surface area contributed by atoms with E-state index in [1.165, 1.54) is 21.5 Å². The third kappa shape index (κ3) is 7.41. The number of aromatic nitrogens is 4. The molecule has 15 rings (SSSR count). The number of fused-ring (bicyclic) bond motifs is 9. The van der Waals surface area contributed by atoms with Crippen molar-refractivity contribution in [2.75, 3.05) is 9.80 Å². The van der Waals surface area contributed by atoms with Crippen LogP contribution in [0, 0.1) is 0 Å². The van der Waals surface area contributed by atoms with Gasteiger partial charge in [0.15, 0.2) is 0 Å². The molecule has 0 saturated heterocycles. The van der Waals surface area contributed by atoms with Crippen LogP contribution < -0.4 is 9.80 Å². The molecule has 0 bridgehead atoms. The summed E-state index contributed by atoms with van der Waals surface area (Å²) >= 11 is 0. The lowest BCUT2D eigenvalue weighted by Gasteiger charge is -2.25. The van der Waals surface area contributed by atoms with Gasteiger partial charge in [0.25, 0.3) is 0 Å². The molecule has 0 aliphatic rings. The normalized spacial score (nSPS) is 11.6. The molecule has 4 aromatic heterocycles. The second kappa shape index (κ2) is 18.7. The van der Waals surface area contributed by atoms with Crippen LogP contribution in [0.2, 0.25) is 0 Å².